The summed E-state index contributed by atoms with van der Waals surface area (Å²) in [5, 5.41) is 0.581. The van der Waals surface area contributed by atoms with Crippen molar-refractivity contribution in [3.05, 3.63) is 65.0 Å². The van der Waals surface area contributed by atoms with Gasteiger partial charge >= 0.3 is 0 Å². The maximum Gasteiger partial charge on any atom is 0.200 e. The van der Waals surface area contributed by atoms with Crippen LogP contribution in [-0.2, 0) is 0 Å². The molecule has 0 unspecified atom stereocenters. The van der Waals surface area contributed by atoms with Gasteiger partial charge in [-0.3, -0.25) is 4.79 Å². The lowest BCUT2D eigenvalue weighted by Crippen LogP contribution is -3.28. The minimum atomic E-state index is -0.0141. The third-order valence-corrected chi connectivity index (χ3v) is 5.72. The molecule has 0 amide bonds. The Morgan fingerprint density at radius 1 is 1.00 bits per heavy atom. The topological polar surface area (TPSA) is 48.3 Å². The van der Waals surface area contributed by atoms with E-state index in [0.717, 1.165) is 17.9 Å². The third kappa shape index (κ3) is 4.11. The van der Waals surface area contributed by atoms with Crippen LogP contribution in [0, 0.1) is 0 Å². The summed E-state index contributed by atoms with van der Waals surface area (Å²) in [6.07, 6.45) is 1.55. The summed E-state index contributed by atoms with van der Waals surface area (Å²) in [5.41, 5.74) is 2.00. The van der Waals surface area contributed by atoms with Crippen molar-refractivity contribution in [1.29, 1.82) is 0 Å². The van der Waals surface area contributed by atoms with E-state index < -0.39 is 0 Å². The van der Waals surface area contributed by atoms with E-state index in [9.17, 15) is 4.79 Å². The third-order valence-electron chi connectivity index (χ3n) is 5.72. The van der Waals surface area contributed by atoms with E-state index in [2.05, 4.69) is 6.92 Å². The molecule has 1 saturated heterocycles. The van der Waals surface area contributed by atoms with E-state index in [-0.39, 0.29) is 5.43 Å². The molecule has 0 atom stereocenters. The lowest BCUT2D eigenvalue weighted by molar-refractivity contribution is -1.01. The molecule has 5 nitrogen and oxygen atoms in total. The van der Waals surface area contributed by atoms with Crippen molar-refractivity contribution >= 4 is 11.0 Å². The van der Waals surface area contributed by atoms with E-state index >= 15 is 0 Å². The summed E-state index contributed by atoms with van der Waals surface area (Å²) in [7, 11) is 0. The lowest BCUT2D eigenvalue weighted by Gasteiger charge is -2.28. The highest BCUT2D eigenvalue weighted by Crippen LogP contribution is 2.22. The molecule has 3 aromatic rings. The van der Waals surface area contributed by atoms with Gasteiger partial charge in [-0.2, -0.15) is 0 Å². The Kier molecular flexibility index (Phi) is 5.74. The average Bonchev–Trinajstić information content (AvgIpc) is 2.75. The molecule has 0 saturated carbocycles. The Morgan fingerprint density at radius 3 is 2.50 bits per heavy atom. The predicted molar refractivity (Wildman–Crippen MR) is 110 cm³/mol. The molecule has 1 fully saturated rings. The summed E-state index contributed by atoms with van der Waals surface area (Å²) < 4.78 is 11.7. The van der Waals surface area contributed by atoms with E-state index in [0.29, 0.717) is 23.1 Å². The first-order valence-electron chi connectivity index (χ1n) is 10.2. The molecule has 0 bridgehead atoms. The van der Waals surface area contributed by atoms with Crippen LogP contribution in [0.2, 0.25) is 0 Å². The molecular formula is C23H28N2O3+2. The molecule has 1 aliphatic rings. The zero-order valence-corrected chi connectivity index (χ0v) is 16.4. The molecule has 1 aromatic heterocycles. The molecule has 2 heterocycles. The molecule has 0 radical (unpaired) electrons. The molecule has 2 N–H and O–H groups in total. The SMILES string of the molecule is CC[NH+]1CC[NH+](CCOc2ccc3c(=O)c(-c4ccccc4)coc3c2)CC1. The standard InChI is InChI=1S/C23H26N2O3/c1-2-24-10-12-25(13-11-24)14-15-27-19-8-9-20-22(16-19)28-17-21(23(20)26)18-6-4-3-5-7-18/h3-9,16-17H,2,10-15H2,1H3/p+2. The fourth-order valence-corrected chi connectivity index (χ4v) is 3.89. The van der Waals surface area contributed by atoms with Crippen LogP contribution in [0.3, 0.4) is 0 Å². The Labute approximate surface area is 165 Å². The van der Waals surface area contributed by atoms with Gasteiger partial charge in [-0.05, 0) is 24.6 Å². The van der Waals surface area contributed by atoms with Gasteiger partial charge in [-0.1, -0.05) is 30.3 Å². The van der Waals surface area contributed by atoms with Gasteiger partial charge in [0.15, 0.2) is 5.43 Å². The number of hydrogen-bond acceptors (Lipinski definition) is 3. The summed E-state index contributed by atoms with van der Waals surface area (Å²) >= 11 is 0. The number of ether oxygens (including phenoxy) is 1. The zero-order chi connectivity index (χ0) is 19.3. The van der Waals surface area contributed by atoms with E-state index in [1.165, 1.54) is 32.7 Å². The van der Waals surface area contributed by atoms with Gasteiger partial charge < -0.3 is 19.0 Å². The van der Waals surface area contributed by atoms with Crippen molar-refractivity contribution in [3.8, 4) is 16.9 Å². The largest absolute Gasteiger partial charge is 0.488 e. The second-order valence-electron chi connectivity index (χ2n) is 7.45. The number of hydrogen-bond donors (Lipinski definition) is 2. The van der Waals surface area contributed by atoms with Crippen molar-refractivity contribution in [1.82, 2.24) is 0 Å². The second-order valence-corrected chi connectivity index (χ2v) is 7.45. The van der Waals surface area contributed by atoms with Crippen LogP contribution in [0.4, 0.5) is 0 Å². The predicted octanol–water partition coefficient (Wildman–Crippen LogP) is 0.642. The molecule has 146 valence electrons. The Balaban J connectivity index is 1.42. The summed E-state index contributed by atoms with van der Waals surface area (Å²) in [5.74, 6) is 0.750. The summed E-state index contributed by atoms with van der Waals surface area (Å²) in [6, 6.07) is 15.1. The van der Waals surface area contributed by atoms with Crippen LogP contribution in [0.1, 0.15) is 6.92 Å². The molecule has 0 aliphatic carbocycles. The fourth-order valence-electron chi connectivity index (χ4n) is 3.89. The number of likely N-dealkylation sites (N-methyl/N-ethyl adjacent to an activating group) is 1. The molecule has 1 aliphatic heterocycles. The highest BCUT2D eigenvalue weighted by molar-refractivity contribution is 5.82. The van der Waals surface area contributed by atoms with Crippen LogP contribution in [0.25, 0.3) is 22.1 Å². The maximum atomic E-state index is 12.8. The molecule has 0 spiro atoms. The maximum absolute atomic E-state index is 12.8. The Hall–Kier alpha value is -2.63. The highest BCUT2D eigenvalue weighted by atomic mass is 16.5. The molecule has 2 aromatic carbocycles. The Bertz CT molecular complexity index is 976. The molecule has 4 rings (SSSR count). The first-order valence-corrected chi connectivity index (χ1v) is 10.2. The van der Waals surface area contributed by atoms with Gasteiger partial charge in [0.05, 0.1) is 17.5 Å². The van der Waals surface area contributed by atoms with Crippen LogP contribution < -0.4 is 20.0 Å². The van der Waals surface area contributed by atoms with Crippen LogP contribution >= 0.6 is 0 Å². The van der Waals surface area contributed by atoms with Gasteiger partial charge in [-0.25, -0.2) is 0 Å². The summed E-state index contributed by atoms with van der Waals surface area (Å²) in [6.45, 7) is 10.1. The van der Waals surface area contributed by atoms with Crippen molar-refractivity contribution in [2.24, 2.45) is 0 Å². The number of fused-ring (bicyclic) bond motifs is 1. The van der Waals surface area contributed by atoms with Crippen LogP contribution in [-0.4, -0.2) is 45.9 Å². The molecule has 5 heteroatoms. The van der Waals surface area contributed by atoms with E-state index in [1.807, 2.05) is 42.5 Å². The van der Waals surface area contributed by atoms with Gasteiger partial charge in [0.2, 0.25) is 0 Å². The number of nitrogens with one attached hydrogen (secondary N) is 2. The average molecular weight is 380 g/mol. The minimum absolute atomic E-state index is 0.0141. The normalized spacial score (nSPS) is 19.6. The van der Waals surface area contributed by atoms with Crippen molar-refractivity contribution in [3.63, 3.8) is 0 Å². The van der Waals surface area contributed by atoms with Gasteiger partial charge in [0.25, 0.3) is 0 Å². The lowest BCUT2D eigenvalue weighted by atomic mass is 10.1. The van der Waals surface area contributed by atoms with Gasteiger partial charge in [-0.15, -0.1) is 0 Å². The van der Waals surface area contributed by atoms with Crippen LogP contribution in [0.5, 0.6) is 5.75 Å². The monoisotopic (exact) mass is 380 g/mol. The quantitative estimate of drug-likeness (QED) is 0.660. The van der Waals surface area contributed by atoms with Gasteiger partial charge in [0.1, 0.15) is 56.9 Å². The van der Waals surface area contributed by atoms with Crippen LogP contribution in [0.15, 0.2) is 64.0 Å². The van der Waals surface area contributed by atoms with Crippen molar-refractivity contribution in [2.75, 3.05) is 45.9 Å². The summed E-state index contributed by atoms with van der Waals surface area (Å²) in [4.78, 5) is 16.1. The Morgan fingerprint density at radius 2 is 1.75 bits per heavy atom. The van der Waals surface area contributed by atoms with E-state index in [4.69, 9.17) is 9.15 Å². The van der Waals surface area contributed by atoms with Crippen molar-refractivity contribution < 1.29 is 19.0 Å². The fraction of sp³-hybridized carbons (Fsp3) is 0.348. The smallest absolute Gasteiger partial charge is 0.200 e. The highest BCUT2D eigenvalue weighted by Gasteiger charge is 2.21. The first-order chi connectivity index (χ1) is 13.7. The number of quaternary nitrogens is 2. The number of rotatable bonds is 6. The number of benzene rings is 2. The zero-order valence-electron chi connectivity index (χ0n) is 16.4. The molecular weight excluding hydrogens is 352 g/mol. The van der Waals surface area contributed by atoms with Gasteiger partial charge in [0, 0.05) is 6.07 Å². The number of piperazine rings is 1. The first kappa shape index (κ1) is 18.7. The second kappa shape index (κ2) is 8.59. The van der Waals surface area contributed by atoms with Crippen molar-refractivity contribution in [2.45, 2.75) is 6.92 Å². The molecule has 28 heavy (non-hydrogen) atoms. The van der Waals surface area contributed by atoms with E-state index in [1.54, 1.807) is 22.1 Å². The minimum Gasteiger partial charge on any atom is -0.488 e.